The monoisotopic (exact) mass is 313 g/mol. The molecule has 0 spiro atoms. The zero-order chi connectivity index (χ0) is 13.8. The van der Waals surface area contributed by atoms with Crippen molar-refractivity contribution < 1.29 is 17.5 Å². The first-order valence-corrected chi connectivity index (χ1v) is 7.26. The van der Waals surface area contributed by atoms with E-state index in [1.807, 2.05) is 0 Å². The van der Waals surface area contributed by atoms with Gasteiger partial charge < -0.3 is 4.18 Å². The van der Waals surface area contributed by atoms with Crippen molar-refractivity contribution in [2.45, 2.75) is 5.38 Å². The van der Waals surface area contributed by atoms with Crippen molar-refractivity contribution in [1.82, 2.24) is 0 Å². The van der Waals surface area contributed by atoms with Crippen LogP contribution in [0.5, 0.6) is 5.75 Å². The van der Waals surface area contributed by atoms with Gasteiger partial charge >= 0.3 is 15.8 Å². The molecule has 0 heterocycles. The van der Waals surface area contributed by atoms with Gasteiger partial charge in [-0.05, 0) is 6.07 Å². The minimum absolute atomic E-state index is 0.0684. The predicted molar refractivity (Wildman–Crippen MR) is 67.9 cm³/mol. The maximum atomic E-state index is 11.6. The van der Waals surface area contributed by atoms with Gasteiger partial charge in [-0.25, -0.2) is 0 Å². The van der Waals surface area contributed by atoms with Crippen LogP contribution < -0.4 is 4.18 Å². The van der Waals surface area contributed by atoms with E-state index >= 15 is 0 Å². The second-order valence-electron chi connectivity index (χ2n) is 3.28. The van der Waals surface area contributed by atoms with Gasteiger partial charge in [-0.1, -0.05) is 12.1 Å². The number of hydrogen-bond donors (Lipinski definition) is 0. The summed E-state index contributed by atoms with van der Waals surface area (Å²) in [6.45, 7) is 0. The molecule has 0 aliphatic carbocycles. The van der Waals surface area contributed by atoms with Crippen LogP contribution in [0.25, 0.3) is 0 Å². The summed E-state index contributed by atoms with van der Waals surface area (Å²) in [4.78, 5) is 9.94. The van der Waals surface area contributed by atoms with Crippen molar-refractivity contribution in [2.24, 2.45) is 0 Å². The number of nitro benzene ring substituents is 1. The zero-order valence-electron chi connectivity index (χ0n) is 8.95. The lowest BCUT2D eigenvalue weighted by Crippen LogP contribution is -2.22. The topological polar surface area (TPSA) is 86.5 Å². The first-order chi connectivity index (χ1) is 8.35. The molecule has 0 fully saturated rings. The van der Waals surface area contributed by atoms with Gasteiger partial charge in [0, 0.05) is 11.9 Å². The van der Waals surface area contributed by atoms with Crippen molar-refractivity contribution in [2.75, 3.05) is 11.6 Å². The molecule has 0 saturated carbocycles. The van der Waals surface area contributed by atoms with Gasteiger partial charge in [-0.2, -0.15) is 8.42 Å². The van der Waals surface area contributed by atoms with Crippen LogP contribution in [-0.4, -0.2) is 30.4 Å². The highest BCUT2D eigenvalue weighted by Crippen LogP contribution is 2.27. The molecule has 0 aliphatic rings. The van der Waals surface area contributed by atoms with Gasteiger partial charge in [-0.15, -0.1) is 23.2 Å². The summed E-state index contributed by atoms with van der Waals surface area (Å²) < 4.78 is 27.8. The standard InChI is InChI=1S/C9H9Cl2NO5S/c10-5-7(11)6-18(15,16)17-9-4-2-1-3-8(9)12(13)14/h1-4,7H,5-6H2. The molecular formula is C9H9Cl2NO5S. The first kappa shape index (κ1) is 15.0. The lowest BCUT2D eigenvalue weighted by Gasteiger charge is -2.08. The lowest BCUT2D eigenvalue weighted by atomic mass is 10.3. The normalized spacial score (nSPS) is 13.0. The molecule has 1 aromatic rings. The highest BCUT2D eigenvalue weighted by molar-refractivity contribution is 7.87. The van der Waals surface area contributed by atoms with Crippen molar-refractivity contribution in [3.8, 4) is 5.75 Å². The van der Waals surface area contributed by atoms with Crippen LogP contribution in [-0.2, 0) is 10.1 Å². The number of halogens is 2. The minimum atomic E-state index is -4.02. The second-order valence-corrected chi connectivity index (χ2v) is 5.83. The Hall–Kier alpha value is -1.05. The Labute approximate surface area is 114 Å². The number of benzene rings is 1. The Morgan fingerprint density at radius 1 is 1.39 bits per heavy atom. The summed E-state index contributed by atoms with van der Waals surface area (Å²) >= 11 is 11.0. The number of hydrogen-bond acceptors (Lipinski definition) is 5. The van der Waals surface area contributed by atoms with Gasteiger partial charge in [0.2, 0.25) is 5.75 Å². The molecule has 0 aliphatic heterocycles. The van der Waals surface area contributed by atoms with Crippen LogP contribution >= 0.6 is 23.2 Å². The van der Waals surface area contributed by atoms with Crippen LogP contribution in [0.2, 0.25) is 0 Å². The van der Waals surface area contributed by atoms with Crippen molar-refractivity contribution in [3.63, 3.8) is 0 Å². The maximum absolute atomic E-state index is 11.6. The molecule has 1 rings (SSSR count). The molecule has 6 nitrogen and oxygen atoms in total. The zero-order valence-corrected chi connectivity index (χ0v) is 11.3. The van der Waals surface area contributed by atoms with E-state index in [2.05, 4.69) is 4.18 Å². The molecule has 9 heteroatoms. The fraction of sp³-hybridized carbons (Fsp3) is 0.333. The summed E-state index contributed by atoms with van der Waals surface area (Å²) in [7, 11) is -4.02. The number of alkyl halides is 2. The van der Waals surface area contributed by atoms with Crippen molar-refractivity contribution in [3.05, 3.63) is 34.4 Å². The van der Waals surface area contributed by atoms with Crippen LogP contribution in [0.15, 0.2) is 24.3 Å². The Bertz CT molecular complexity index is 534. The summed E-state index contributed by atoms with van der Waals surface area (Å²) in [6.07, 6.45) is 0. The molecule has 0 aromatic heterocycles. The summed E-state index contributed by atoms with van der Waals surface area (Å²) in [6, 6.07) is 5.17. The van der Waals surface area contributed by atoms with Gasteiger partial charge in [0.1, 0.15) is 5.75 Å². The van der Waals surface area contributed by atoms with Crippen LogP contribution in [0, 0.1) is 10.1 Å². The van der Waals surface area contributed by atoms with Crippen molar-refractivity contribution >= 4 is 39.0 Å². The van der Waals surface area contributed by atoms with Crippen LogP contribution in [0.1, 0.15) is 0 Å². The molecule has 0 bridgehead atoms. The van der Waals surface area contributed by atoms with E-state index in [0.717, 1.165) is 6.07 Å². The molecule has 100 valence electrons. The third-order valence-corrected chi connectivity index (χ3v) is 4.10. The largest absolute Gasteiger partial charge is 0.375 e. The SMILES string of the molecule is O=[N+]([O-])c1ccccc1OS(=O)(=O)CC(Cl)CCl. The summed E-state index contributed by atoms with van der Waals surface area (Å²) in [5, 5.41) is 9.85. The fourth-order valence-corrected chi connectivity index (χ4v) is 2.86. The molecular weight excluding hydrogens is 305 g/mol. The van der Waals surface area contributed by atoms with Crippen LogP contribution in [0.4, 0.5) is 5.69 Å². The molecule has 0 amide bonds. The number of nitrogens with zero attached hydrogens (tertiary/aromatic N) is 1. The summed E-state index contributed by atoms with van der Waals surface area (Å²) in [5.41, 5.74) is -0.432. The highest BCUT2D eigenvalue weighted by atomic mass is 35.5. The van der Waals surface area contributed by atoms with Gasteiger partial charge in [0.25, 0.3) is 0 Å². The molecule has 0 N–H and O–H groups in total. The van der Waals surface area contributed by atoms with Gasteiger partial charge in [-0.3, -0.25) is 10.1 Å². The lowest BCUT2D eigenvalue weighted by molar-refractivity contribution is -0.385. The molecule has 1 atom stereocenters. The average Bonchev–Trinajstić information content (AvgIpc) is 2.28. The first-order valence-electron chi connectivity index (χ1n) is 4.71. The number of para-hydroxylation sites is 2. The molecule has 0 radical (unpaired) electrons. The number of rotatable bonds is 6. The molecule has 1 unspecified atom stereocenters. The average molecular weight is 314 g/mol. The molecule has 1 aromatic carbocycles. The third kappa shape index (κ3) is 4.32. The number of nitro groups is 1. The third-order valence-electron chi connectivity index (χ3n) is 1.83. The van der Waals surface area contributed by atoms with E-state index in [-0.39, 0.29) is 11.6 Å². The van der Waals surface area contributed by atoms with E-state index < -0.39 is 31.9 Å². The maximum Gasteiger partial charge on any atom is 0.312 e. The fourth-order valence-electron chi connectivity index (χ4n) is 1.12. The van der Waals surface area contributed by atoms with E-state index in [0.29, 0.717) is 0 Å². The van der Waals surface area contributed by atoms with E-state index in [1.54, 1.807) is 0 Å². The Balaban J connectivity index is 2.94. The van der Waals surface area contributed by atoms with E-state index in [1.165, 1.54) is 18.2 Å². The van der Waals surface area contributed by atoms with Gasteiger partial charge in [0.05, 0.1) is 10.3 Å². The highest BCUT2D eigenvalue weighted by Gasteiger charge is 2.23. The van der Waals surface area contributed by atoms with E-state index in [9.17, 15) is 18.5 Å². The quantitative estimate of drug-likeness (QED) is 0.347. The Morgan fingerprint density at radius 3 is 2.56 bits per heavy atom. The summed E-state index contributed by atoms with van der Waals surface area (Å²) in [5.74, 6) is -0.938. The molecule has 0 saturated heterocycles. The smallest absolute Gasteiger partial charge is 0.312 e. The second kappa shape index (κ2) is 6.21. The van der Waals surface area contributed by atoms with Crippen molar-refractivity contribution in [1.29, 1.82) is 0 Å². The van der Waals surface area contributed by atoms with Gasteiger partial charge in [0.15, 0.2) is 0 Å². The molecule has 18 heavy (non-hydrogen) atoms. The Kier molecular flexibility index (Phi) is 5.18. The predicted octanol–water partition coefficient (Wildman–Crippen LogP) is 2.15. The van der Waals surface area contributed by atoms with Crippen LogP contribution in [0.3, 0.4) is 0 Å². The Morgan fingerprint density at radius 2 is 2.00 bits per heavy atom. The van der Waals surface area contributed by atoms with E-state index in [4.69, 9.17) is 23.2 Å². The minimum Gasteiger partial charge on any atom is -0.375 e.